The average Bonchev–Trinajstić information content (AvgIpc) is 3.30. The zero-order valence-electron chi connectivity index (χ0n) is 20.4. The number of amides is 1. The molecule has 0 atom stereocenters. The van der Waals surface area contributed by atoms with Crippen molar-refractivity contribution in [3.63, 3.8) is 0 Å². The molecule has 0 bridgehead atoms. The van der Waals surface area contributed by atoms with Gasteiger partial charge in [0.15, 0.2) is 5.16 Å². The van der Waals surface area contributed by atoms with Crippen molar-refractivity contribution in [1.82, 2.24) is 15.0 Å². The molecule has 1 aliphatic carbocycles. The van der Waals surface area contributed by atoms with E-state index in [4.69, 9.17) is 21.3 Å². The second-order valence-electron chi connectivity index (χ2n) is 8.66. The number of hydrogen-bond acceptors (Lipinski definition) is 7. The molecule has 0 radical (unpaired) electrons. The van der Waals surface area contributed by atoms with E-state index in [0.717, 1.165) is 41.6 Å². The van der Waals surface area contributed by atoms with Crippen molar-refractivity contribution in [2.45, 2.75) is 37.8 Å². The van der Waals surface area contributed by atoms with Crippen molar-refractivity contribution in [1.29, 1.82) is 0 Å². The molecular formula is C27H25ClN4O3S2. The van der Waals surface area contributed by atoms with Crippen molar-refractivity contribution in [2.75, 3.05) is 12.9 Å². The highest BCUT2D eigenvalue weighted by Gasteiger charge is 2.23. The van der Waals surface area contributed by atoms with Crippen LogP contribution in [0.2, 0.25) is 5.02 Å². The van der Waals surface area contributed by atoms with Gasteiger partial charge in [0, 0.05) is 15.5 Å². The van der Waals surface area contributed by atoms with Crippen LogP contribution in [0.5, 0.6) is 5.75 Å². The number of thioether (sulfide) groups is 1. The number of aromatic nitrogens is 2. The Morgan fingerprint density at radius 1 is 1.22 bits per heavy atom. The zero-order valence-corrected chi connectivity index (χ0v) is 22.8. The fourth-order valence-electron chi connectivity index (χ4n) is 4.32. The van der Waals surface area contributed by atoms with Crippen LogP contribution < -0.4 is 15.7 Å². The third-order valence-corrected chi connectivity index (χ3v) is 8.59. The Hall–Kier alpha value is -3.14. The summed E-state index contributed by atoms with van der Waals surface area (Å²) in [6, 6.07) is 14.5. The van der Waals surface area contributed by atoms with Crippen molar-refractivity contribution in [2.24, 2.45) is 5.10 Å². The summed E-state index contributed by atoms with van der Waals surface area (Å²) < 4.78 is 6.84. The van der Waals surface area contributed by atoms with Gasteiger partial charge in [-0.1, -0.05) is 35.5 Å². The van der Waals surface area contributed by atoms with Crippen molar-refractivity contribution in [3.05, 3.63) is 79.9 Å². The summed E-state index contributed by atoms with van der Waals surface area (Å²) in [6.07, 6.45) is 4.08. The van der Waals surface area contributed by atoms with Crippen molar-refractivity contribution < 1.29 is 9.53 Å². The van der Waals surface area contributed by atoms with E-state index in [1.807, 2.05) is 31.2 Å². The fraction of sp³-hybridized carbons (Fsp3) is 0.259. The molecule has 1 N–H and O–H groups in total. The van der Waals surface area contributed by atoms with Gasteiger partial charge in [0.25, 0.3) is 11.5 Å². The van der Waals surface area contributed by atoms with Gasteiger partial charge in [-0.15, -0.1) is 11.3 Å². The molecule has 10 heteroatoms. The number of hydrogen-bond donors (Lipinski definition) is 1. The molecule has 37 heavy (non-hydrogen) atoms. The van der Waals surface area contributed by atoms with Gasteiger partial charge in [-0.2, -0.15) is 5.10 Å². The second kappa shape index (κ2) is 11.1. The quantitative estimate of drug-likeness (QED) is 0.139. The summed E-state index contributed by atoms with van der Waals surface area (Å²) in [5, 5.41) is 5.97. The number of nitrogens with zero attached hydrogens (tertiary/aromatic N) is 3. The van der Waals surface area contributed by atoms with Gasteiger partial charge in [-0.3, -0.25) is 14.2 Å². The van der Waals surface area contributed by atoms with E-state index < -0.39 is 0 Å². The Bertz CT molecular complexity index is 1560. The molecule has 2 heterocycles. The fourth-order valence-corrected chi connectivity index (χ4v) is 6.56. The average molecular weight is 553 g/mol. The molecule has 0 saturated heterocycles. The third kappa shape index (κ3) is 5.44. The minimum absolute atomic E-state index is 0.0471. The molecule has 2 aromatic heterocycles. The number of benzene rings is 2. The first-order valence-electron chi connectivity index (χ1n) is 11.9. The molecule has 0 aliphatic heterocycles. The highest BCUT2D eigenvalue weighted by Crippen LogP contribution is 2.35. The lowest BCUT2D eigenvalue weighted by atomic mass is 9.97. The minimum atomic E-state index is -0.297. The number of fused-ring (bicyclic) bond motifs is 3. The van der Waals surface area contributed by atoms with E-state index >= 15 is 0 Å². The van der Waals surface area contributed by atoms with Gasteiger partial charge in [0.2, 0.25) is 0 Å². The highest BCUT2D eigenvalue weighted by atomic mass is 35.5. The monoisotopic (exact) mass is 552 g/mol. The first-order valence-corrected chi connectivity index (χ1v) is 14.1. The van der Waals surface area contributed by atoms with E-state index in [9.17, 15) is 9.59 Å². The maximum Gasteiger partial charge on any atom is 0.267 e. The molecular weight excluding hydrogens is 528 g/mol. The molecule has 0 spiro atoms. The Balaban J connectivity index is 1.42. The second-order valence-corrected chi connectivity index (χ2v) is 11.1. The summed E-state index contributed by atoms with van der Waals surface area (Å²) in [5.41, 5.74) is 5.78. The number of nitrogens with one attached hydrogen (secondary N) is 1. The smallest absolute Gasteiger partial charge is 0.267 e. The molecule has 0 unspecified atom stereocenters. The van der Waals surface area contributed by atoms with Gasteiger partial charge in [0.1, 0.15) is 10.6 Å². The standard InChI is InChI=1S/C27H25ClN4O3S2/c1-16(17-6-5-7-20(14-17)35-2)30-31-23(33)15-36-27-29-25-24(21-8-3-4-9-22(21)37-25)26(34)32(27)19-12-10-18(28)11-13-19/h5-7,10-14H,3-4,8-9,15H2,1-2H3,(H,31,33). The molecule has 2 aromatic carbocycles. The van der Waals surface area contributed by atoms with Crippen LogP contribution in [-0.4, -0.2) is 34.0 Å². The highest BCUT2D eigenvalue weighted by molar-refractivity contribution is 7.99. The number of ether oxygens (including phenoxy) is 1. The minimum Gasteiger partial charge on any atom is -0.497 e. The normalized spacial score (nSPS) is 13.4. The number of hydrazone groups is 1. The molecule has 0 fully saturated rings. The Morgan fingerprint density at radius 3 is 2.78 bits per heavy atom. The van der Waals surface area contributed by atoms with E-state index in [1.165, 1.54) is 16.6 Å². The van der Waals surface area contributed by atoms with E-state index in [1.54, 1.807) is 47.3 Å². The van der Waals surface area contributed by atoms with Gasteiger partial charge in [-0.05, 0) is 74.6 Å². The van der Waals surface area contributed by atoms with Crippen LogP contribution in [-0.2, 0) is 17.6 Å². The SMILES string of the molecule is COc1cccc(C(C)=NNC(=O)CSc2nc3sc4c(c3c(=O)n2-c2ccc(Cl)cc2)CCCC4)c1. The molecule has 1 aliphatic rings. The van der Waals surface area contributed by atoms with Gasteiger partial charge in [0.05, 0.1) is 29.6 Å². The molecule has 4 aromatic rings. The first-order chi connectivity index (χ1) is 17.9. The summed E-state index contributed by atoms with van der Waals surface area (Å²) >= 11 is 8.90. The molecule has 7 nitrogen and oxygen atoms in total. The molecule has 1 amide bonds. The van der Waals surface area contributed by atoms with Crippen LogP contribution in [0.3, 0.4) is 0 Å². The largest absolute Gasteiger partial charge is 0.497 e. The van der Waals surface area contributed by atoms with Gasteiger partial charge < -0.3 is 4.74 Å². The van der Waals surface area contributed by atoms with E-state index in [2.05, 4.69) is 10.5 Å². The van der Waals surface area contributed by atoms with Gasteiger partial charge >= 0.3 is 0 Å². The predicted molar refractivity (Wildman–Crippen MR) is 151 cm³/mol. The topological polar surface area (TPSA) is 85.6 Å². The van der Waals surface area contributed by atoms with Crippen LogP contribution >= 0.6 is 34.7 Å². The Kier molecular flexibility index (Phi) is 7.64. The molecule has 0 saturated carbocycles. The zero-order chi connectivity index (χ0) is 25.9. The van der Waals surface area contributed by atoms with Crippen molar-refractivity contribution in [3.8, 4) is 11.4 Å². The van der Waals surface area contributed by atoms with Crippen LogP contribution in [0.25, 0.3) is 15.9 Å². The maximum atomic E-state index is 13.8. The van der Waals surface area contributed by atoms with Gasteiger partial charge in [-0.25, -0.2) is 10.4 Å². The van der Waals surface area contributed by atoms with E-state index in [-0.39, 0.29) is 17.2 Å². The Labute approximate surface area is 227 Å². The summed E-state index contributed by atoms with van der Waals surface area (Å²) in [4.78, 5) is 33.3. The summed E-state index contributed by atoms with van der Waals surface area (Å²) in [5.74, 6) is 0.464. The predicted octanol–water partition coefficient (Wildman–Crippen LogP) is 5.62. The third-order valence-electron chi connectivity index (χ3n) is 6.21. The summed E-state index contributed by atoms with van der Waals surface area (Å²) in [6.45, 7) is 1.81. The lowest BCUT2D eigenvalue weighted by molar-refractivity contribution is -0.118. The number of aryl methyl sites for hydroxylation is 2. The lowest BCUT2D eigenvalue weighted by Gasteiger charge is -2.13. The van der Waals surface area contributed by atoms with Crippen LogP contribution in [0, 0.1) is 0 Å². The number of rotatable bonds is 7. The lowest BCUT2D eigenvalue weighted by Crippen LogP contribution is -2.24. The first kappa shape index (κ1) is 25.5. The van der Waals surface area contributed by atoms with E-state index in [0.29, 0.717) is 32.7 Å². The number of carbonyl (C=O) groups excluding carboxylic acids is 1. The number of halogens is 1. The van der Waals surface area contributed by atoms with Crippen LogP contribution in [0.1, 0.15) is 35.8 Å². The van der Waals surface area contributed by atoms with Crippen LogP contribution in [0.4, 0.5) is 0 Å². The van der Waals surface area contributed by atoms with Crippen molar-refractivity contribution >= 4 is 56.5 Å². The van der Waals surface area contributed by atoms with Crippen LogP contribution in [0.15, 0.2) is 63.6 Å². The number of thiophene rings is 1. The molecule has 190 valence electrons. The molecule has 5 rings (SSSR count). The number of carbonyl (C=O) groups is 1. The number of methoxy groups -OCH3 is 1. The Morgan fingerprint density at radius 2 is 2.00 bits per heavy atom. The maximum absolute atomic E-state index is 13.8. The summed E-state index contributed by atoms with van der Waals surface area (Å²) in [7, 11) is 1.60.